The Hall–Kier alpha value is -0.470. The maximum absolute atomic E-state index is 3.52. The molecule has 0 saturated heterocycles. The molecular formula is C18H27NS. The first-order valence-electron chi connectivity index (χ1n) is 8.24. The second kappa shape index (κ2) is 7.00. The van der Waals surface area contributed by atoms with Crippen molar-refractivity contribution in [1.29, 1.82) is 0 Å². The lowest BCUT2D eigenvalue weighted by Crippen LogP contribution is -2.30. The molecule has 0 bridgehead atoms. The van der Waals surface area contributed by atoms with Crippen molar-refractivity contribution >= 4 is 11.8 Å². The molecule has 0 aromatic heterocycles. The molecule has 1 unspecified atom stereocenters. The normalized spacial score (nSPS) is 20.2. The second-order valence-electron chi connectivity index (χ2n) is 6.39. The maximum Gasteiger partial charge on any atom is 0.0195 e. The molecule has 0 heterocycles. The lowest BCUT2D eigenvalue weighted by Gasteiger charge is -2.18. The maximum atomic E-state index is 3.52. The highest BCUT2D eigenvalue weighted by Gasteiger charge is 2.18. The van der Waals surface area contributed by atoms with Crippen LogP contribution in [0.5, 0.6) is 0 Å². The lowest BCUT2D eigenvalue weighted by molar-refractivity contribution is 0.615. The van der Waals surface area contributed by atoms with Gasteiger partial charge >= 0.3 is 0 Å². The molecule has 1 N–H and O–H groups in total. The fraction of sp³-hybridized carbons (Fsp3) is 0.667. The van der Waals surface area contributed by atoms with E-state index in [1.54, 1.807) is 11.1 Å². The van der Waals surface area contributed by atoms with Gasteiger partial charge in [-0.05, 0) is 62.3 Å². The Morgan fingerprint density at radius 2 is 1.95 bits per heavy atom. The van der Waals surface area contributed by atoms with Crippen LogP contribution < -0.4 is 5.32 Å². The molecule has 1 saturated carbocycles. The molecule has 20 heavy (non-hydrogen) atoms. The van der Waals surface area contributed by atoms with E-state index in [0.29, 0.717) is 6.04 Å². The third-order valence-corrected chi connectivity index (χ3v) is 6.43. The Labute approximate surface area is 127 Å². The largest absolute Gasteiger partial charge is 0.316 e. The number of fused-ring (bicyclic) bond motifs is 1. The van der Waals surface area contributed by atoms with Crippen LogP contribution in [-0.2, 0) is 19.3 Å². The van der Waals surface area contributed by atoms with Gasteiger partial charge in [-0.3, -0.25) is 0 Å². The molecular weight excluding hydrogens is 262 g/mol. The van der Waals surface area contributed by atoms with E-state index in [0.717, 1.165) is 5.25 Å². The first-order valence-corrected chi connectivity index (χ1v) is 9.29. The average molecular weight is 289 g/mol. The molecule has 1 atom stereocenters. The molecule has 1 aromatic rings. The predicted octanol–water partition coefficient (Wildman–Crippen LogP) is 3.98. The monoisotopic (exact) mass is 289 g/mol. The molecule has 1 fully saturated rings. The fourth-order valence-corrected chi connectivity index (χ4v) is 5.04. The van der Waals surface area contributed by atoms with Gasteiger partial charge in [0, 0.05) is 17.0 Å². The van der Waals surface area contributed by atoms with Crippen molar-refractivity contribution in [2.45, 2.75) is 62.7 Å². The van der Waals surface area contributed by atoms with Gasteiger partial charge in [0.05, 0.1) is 0 Å². The summed E-state index contributed by atoms with van der Waals surface area (Å²) in [5.41, 5.74) is 4.73. The summed E-state index contributed by atoms with van der Waals surface area (Å²) >= 11 is 2.20. The topological polar surface area (TPSA) is 12.0 Å². The quantitative estimate of drug-likeness (QED) is 0.850. The van der Waals surface area contributed by atoms with Crippen molar-refractivity contribution in [3.8, 4) is 0 Å². The minimum atomic E-state index is 0.625. The zero-order valence-corrected chi connectivity index (χ0v) is 13.5. The number of hydrogen-bond donors (Lipinski definition) is 1. The number of likely N-dealkylation sites (N-methyl/N-ethyl adjacent to an activating group) is 1. The summed E-state index contributed by atoms with van der Waals surface area (Å²) in [5.74, 6) is 1.26. The summed E-state index contributed by atoms with van der Waals surface area (Å²) in [6.45, 7) is 0. The molecule has 3 rings (SSSR count). The highest BCUT2D eigenvalue weighted by molar-refractivity contribution is 7.99. The number of aryl methyl sites for hydroxylation is 2. The van der Waals surface area contributed by atoms with Crippen molar-refractivity contribution in [2.75, 3.05) is 12.8 Å². The highest BCUT2D eigenvalue weighted by atomic mass is 32.2. The first kappa shape index (κ1) is 14.5. The molecule has 2 heteroatoms. The van der Waals surface area contributed by atoms with Crippen LogP contribution in [0.2, 0.25) is 0 Å². The Morgan fingerprint density at radius 1 is 1.15 bits per heavy atom. The van der Waals surface area contributed by atoms with Gasteiger partial charge in [0.2, 0.25) is 0 Å². The minimum Gasteiger partial charge on any atom is -0.316 e. The van der Waals surface area contributed by atoms with Crippen molar-refractivity contribution in [3.05, 3.63) is 34.9 Å². The average Bonchev–Trinajstić information content (AvgIpc) is 3.13. The summed E-state index contributed by atoms with van der Waals surface area (Å²) in [5, 5.41) is 4.46. The predicted molar refractivity (Wildman–Crippen MR) is 89.7 cm³/mol. The van der Waals surface area contributed by atoms with E-state index in [4.69, 9.17) is 0 Å². The number of nitrogens with one attached hydrogen (secondary N) is 1. The van der Waals surface area contributed by atoms with Crippen LogP contribution in [0.15, 0.2) is 18.2 Å². The summed E-state index contributed by atoms with van der Waals surface area (Å²) in [6, 6.07) is 7.82. The van der Waals surface area contributed by atoms with Gasteiger partial charge in [-0.25, -0.2) is 0 Å². The summed E-state index contributed by atoms with van der Waals surface area (Å²) < 4.78 is 0. The zero-order valence-electron chi connectivity index (χ0n) is 12.7. The molecule has 0 spiro atoms. The lowest BCUT2D eigenvalue weighted by atomic mass is 10.0. The van der Waals surface area contributed by atoms with Crippen LogP contribution in [0.1, 0.15) is 48.8 Å². The SMILES string of the molecule is CNC(CSC1CCCC1)Cc1ccc2c(c1)CCC2. The summed E-state index contributed by atoms with van der Waals surface area (Å²) in [4.78, 5) is 0. The van der Waals surface area contributed by atoms with E-state index in [-0.39, 0.29) is 0 Å². The van der Waals surface area contributed by atoms with Crippen LogP contribution in [0.3, 0.4) is 0 Å². The number of thioether (sulfide) groups is 1. The van der Waals surface area contributed by atoms with E-state index in [1.807, 2.05) is 0 Å². The van der Waals surface area contributed by atoms with Crippen molar-refractivity contribution < 1.29 is 0 Å². The van der Waals surface area contributed by atoms with Crippen molar-refractivity contribution in [2.24, 2.45) is 0 Å². The second-order valence-corrected chi connectivity index (χ2v) is 7.72. The number of hydrogen-bond acceptors (Lipinski definition) is 2. The van der Waals surface area contributed by atoms with Gasteiger partial charge in [-0.2, -0.15) is 11.8 Å². The standard InChI is InChI=1S/C18H27NS/c1-19-17(13-20-18-7-2-3-8-18)12-14-9-10-15-5-4-6-16(15)11-14/h9-11,17-19H,2-8,12-13H2,1H3. The van der Waals surface area contributed by atoms with Gasteiger partial charge in [0.15, 0.2) is 0 Å². The van der Waals surface area contributed by atoms with Gasteiger partial charge < -0.3 is 5.32 Å². The van der Waals surface area contributed by atoms with Gasteiger partial charge in [0.25, 0.3) is 0 Å². The summed E-state index contributed by atoms with van der Waals surface area (Å²) in [7, 11) is 2.12. The number of benzene rings is 1. The Balaban J connectivity index is 1.54. The molecule has 1 nitrogen and oxygen atoms in total. The van der Waals surface area contributed by atoms with E-state index in [1.165, 1.54) is 62.7 Å². The van der Waals surface area contributed by atoms with Crippen LogP contribution in [-0.4, -0.2) is 24.1 Å². The Bertz CT molecular complexity index is 437. The van der Waals surface area contributed by atoms with Crippen molar-refractivity contribution in [3.63, 3.8) is 0 Å². The molecule has 2 aliphatic rings. The first-order chi connectivity index (χ1) is 9.85. The molecule has 2 aliphatic carbocycles. The van der Waals surface area contributed by atoms with Gasteiger partial charge in [-0.15, -0.1) is 0 Å². The van der Waals surface area contributed by atoms with E-state index in [9.17, 15) is 0 Å². The smallest absolute Gasteiger partial charge is 0.0195 e. The van der Waals surface area contributed by atoms with Crippen LogP contribution >= 0.6 is 11.8 Å². The van der Waals surface area contributed by atoms with Gasteiger partial charge in [0.1, 0.15) is 0 Å². The van der Waals surface area contributed by atoms with Gasteiger partial charge in [-0.1, -0.05) is 31.0 Å². The van der Waals surface area contributed by atoms with Crippen LogP contribution in [0.25, 0.3) is 0 Å². The van der Waals surface area contributed by atoms with E-state index >= 15 is 0 Å². The van der Waals surface area contributed by atoms with Crippen molar-refractivity contribution in [1.82, 2.24) is 5.32 Å². The molecule has 1 aromatic carbocycles. The molecule has 110 valence electrons. The number of rotatable bonds is 6. The third kappa shape index (κ3) is 3.59. The Kier molecular flexibility index (Phi) is 5.06. The van der Waals surface area contributed by atoms with E-state index < -0.39 is 0 Å². The van der Waals surface area contributed by atoms with E-state index in [2.05, 4.69) is 42.3 Å². The minimum absolute atomic E-state index is 0.625. The zero-order chi connectivity index (χ0) is 13.8. The Morgan fingerprint density at radius 3 is 2.75 bits per heavy atom. The fourth-order valence-electron chi connectivity index (χ4n) is 3.59. The molecule has 0 radical (unpaired) electrons. The highest BCUT2D eigenvalue weighted by Crippen LogP contribution is 2.30. The van der Waals surface area contributed by atoms with Crippen LogP contribution in [0, 0.1) is 0 Å². The molecule has 0 amide bonds. The summed E-state index contributed by atoms with van der Waals surface area (Å²) in [6.07, 6.45) is 10.9. The third-order valence-electron chi connectivity index (χ3n) is 4.89. The van der Waals surface area contributed by atoms with Crippen LogP contribution in [0.4, 0.5) is 0 Å². The molecule has 0 aliphatic heterocycles.